The summed E-state index contributed by atoms with van der Waals surface area (Å²) in [4.78, 5) is 16.8. The van der Waals surface area contributed by atoms with E-state index in [9.17, 15) is 22.4 Å². The lowest BCUT2D eigenvalue weighted by Gasteiger charge is -2.35. The molecule has 33 heavy (non-hydrogen) atoms. The summed E-state index contributed by atoms with van der Waals surface area (Å²) in [7, 11) is 0. The summed E-state index contributed by atoms with van der Waals surface area (Å²) < 4.78 is 53.2. The number of carbonyl (C=O) groups excluding carboxylic acids is 1. The van der Waals surface area contributed by atoms with Gasteiger partial charge in [0.05, 0.1) is 16.8 Å². The Morgan fingerprint density at radius 3 is 2.55 bits per heavy atom. The number of carbonyl (C=O) groups is 1. The fourth-order valence-corrected chi connectivity index (χ4v) is 3.44. The summed E-state index contributed by atoms with van der Waals surface area (Å²) >= 11 is 4.00. The van der Waals surface area contributed by atoms with Crippen LogP contribution in [0.2, 0.25) is 0 Å². The first-order valence-corrected chi connectivity index (χ1v) is 10.4. The highest BCUT2D eigenvalue weighted by Gasteiger charge is 2.38. The Kier molecular flexibility index (Phi) is 9.36. The summed E-state index contributed by atoms with van der Waals surface area (Å²) in [6.07, 6.45) is 4.81. The van der Waals surface area contributed by atoms with Crippen LogP contribution in [-0.4, -0.2) is 30.4 Å². The molecule has 0 bridgehead atoms. The Morgan fingerprint density at radius 1 is 1.27 bits per heavy atom. The Morgan fingerprint density at radius 2 is 1.97 bits per heavy atom. The largest absolute Gasteiger partial charge is 0.432 e. The zero-order valence-electron chi connectivity index (χ0n) is 17.6. The summed E-state index contributed by atoms with van der Waals surface area (Å²) in [5.41, 5.74) is 5.79. The van der Waals surface area contributed by atoms with Crippen LogP contribution in [-0.2, 0) is 4.79 Å². The van der Waals surface area contributed by atoms with Crippen molar-refractivity contribution in [2.24, 2.45) is 16.1 Å². The number of thiol groups is 1. The Balaban J connectivity index is 2.37. The summed E-state index contributed by atoms with van der Waals surface area (Å²) in [6.45, 7) is 0.461. The third kappa shape index (κ3) is 7.26. The number of nitrogens with one attached hydrogen (secondary N) is 2. The number of hydrogen-bond donors (Lipinski definition) is 4. The van der Waals surface area contributed by atoms with Gasteiger partial charge < -0.3 is 10.5 Å². The molecule has 1 aliphatic rings. The lowest BCUT2D eigenvalue weighted by molar-refractivity contribution is -0.114. The molecule has 10 heteroatoms. The molecule has 0 saturated heterocycles. The van der Waals surface area contributed by atoms with Crippen molar-refractivity contribution in [2.75, 3.05) is 6.54 Å². The van der Waals surface area contributed by atoms with Gasteiger partial charge >= 0.3 is 6.18 Å². The van der Waals surface area contributed by atoms with Gasteiger partial charge in [-0.15, -0.1) is 0 Å². The molecular weight excluding hydrogens is 456 g/mol. The first-order chi connectivity index (χ1) is 15.6. The molecule has 176 valence electrons. The standard InChI is InChI=1S/C23H24F4N4OS/c24-18-5-7-19(8-6-18)31-20-12-17(9-11-30-33)22(15-32,13-16(20)14-28)10-3-1-2-4-21(29)23(25,26)27/h1-8,12,14-15,29-30,33H,9-11,13,28H2/b3-1+,4-2-,16-14?,29-21?,31-20?. The zero-order chi connectivity index (χ0) is 24.5. The number of halogens is 4. The van der Waals surface area contributed by atoms with E-state index in [1.165, 1.54) is 36.5 Å². The quantitative estimate of drug-likeness (QED) is 0.129. The molecule has 0 saturated carbocycles. The van der Waals surface area contributed by atoms with Crippen molar-refractivity contribution >= 4 is 36.2 Å². The molecule has 0 spiro atoms. The molecule has 0 heterocycles. The first kappa shape index (κ1) is 26.3. The minimum absolute atomic E-state index is 0.208. The minimum atomic E-state index is -4.71. The molecule has 0 aromatic heterocycles. The van der Waals surface area contributed by atoms with Gasteiger partial charge in [-0.25, -0.2) is 9.38 Å². The third-order valence-corrected chi connectivity index (χ3v) is 5.32. The van der Waals surface area contributed by atoms with Crippen molar-refractivity contribution < 1.29 is 22.4 Å². The fourth-order valence-electron chi connectivity index (χ4n) is 3.33. The number of alkyl halides is 3. The van der Waals surface area contributed by atoms with Crippen LogP contribution >= 0.6 is 12.8 Å². The number of allylic oxidation sites excluding steroid dienone is 6. The molecule has 1 atom stereocenters. The van der Waals surface area contributed by atoms with Crippen LogP contribution in [0.15, 0.2) is 77.0 Å². The van der Waals surface area contributed by atoms with Gasteiger partial charge in [-0.1, -0.05) is 36.6 Å². The number of hydrogen-bond acceptors (Lipinski definition) is 6. The Bertz CT molecular complexity index is 1010. The molecule has 4 N–H and O–H groups in total. The minimum Gasteiger partial charge on any atom is -0.404 e. The van der Waals surface area contributed by atoms with Crippen LogP contribution in [0, 0.1) is 16.6 Å². The van der Waals surface area contributed by atoms with Crippen molar-refractivity contribution in [3.05, 3.63) is 77.8 Å². The van der Waals surface area contributed by atoms with Crippen LogP contribution in [0.25, 0.3) is 0 Å². The van der Waals surface area contributed by atoms with Gasteiger partial charge in [0.25, 0.3) is 0 Å². The van der Waals surface area contributed by atoms with E-state index in [-0.39, 0.29) is 18.7 Å². The van der Waals surface area contributed by atoms with Crippen LogP contribution in [0.3, 0.4) is 0 Å². The lowest BCUT2D eigenvalue weighted by Crippen LogP contribution is -2.32. The number of nitrogens with zero attached hydrogens (tertiary/aromatic N) is 1. The Labute approximate surface area is 194 Å². The number of aliphatic imine (C=N–C) groups is 1. The van der Waals surface area contributed by atoms with Gasteiger partial charge in [0.15, 0.2) is 0 Å². The van der Waals surface area contributed by atoms with E-state index in [1.54, 1.807) is 12.2 Å². The van der Waals surface area contributed by atoms with Gasteiger partial charge in [0, 0.05) is 6.54 Å². The fraction of sp³-hybridized carbons (Fsp3) is 0.261. The van der Waals surface area contributed by atoms with Crippen molar-refractivity contribution in [3.63, 3.8) is 0 Å². The van der Waals surface area contributed by atoms with Gasteiger partial charge in [0.1, 0.15) is 17.8 Å². The molecule has 1 aromatic rings. The van der Waals surface area contributed by atoms with Crippen molar-refractivity contribution in [2.45, 2.75) is 25.4 Å². The monoisotopic (exact) mass is 480 g/mol. The molecule has 0 radical (unpaired) electrons. The van der Waals surface area contributed by atoms with E-state index in [4.69, 9.17) is 11.1 Å². The highest BCUT2D eigenvalue weighted by atomic mass is 32.1. The number of nitrogens with two attached hydrogens (primary N) is 1. The van der Waals surface area contributed by atoms with E-state index in [0.29, 0.717) is 36.0 Å². The molecule has 1 aromatic carbocycles. The van der Waals surface area contributed by atoms with E-state index in [0.717, 1.165) is 17.9 Å². The average molecular weight is 481 g/mol. The molecule has 0 amide bonds. The zero-order valence-corrected chi connectivity index (χ0v) is 18.5. The van der Waals surface area contributed by atoms with Crippen LogP contribution in [0.4, 0.5) is 23.2 Å². The van der Waals surface area contributed by atoms with Crippen molar-refractivity contribution in [3.8, 4) is 0 Å². The second kappa shape index (κ2) is 11.8. The molecule has 2 rings (SSSR count). The van der Waals surface area contributed by atoms with Crippen LogP contribution < -0.4 is 10.5 Å². The smallest absolute Gasteiger partial charge is 0.404 e. The number of benzene rings is 1. The highest BCUT2D eigenvalue weighted by Crippen LogP contribution is 2.42. The lowest BCUT2D eigenvalue weighted by atomic mass is 9.68. The maximum absolute atomic E-state index is 13.2. The maximum atomic E-state index is 13.2. The summed E-state index contributed by atoms with van der Waals surface area (Å²) in [6, 6.07) is 5.62. The second-order valence-electron chi connectivity index (χ2n) is 7.35. The van der Waals surface area contributed by atoms with Crippen molar-refractivity contribution in [1.82, 2.24) is 4.72 Å². The highest BCUT2D eigenvalue weighted by molar-refractivity contribution is 7.78. The molecule has 1 aliphatic carbocycles. The van der Waals surface area contributed by atoms with Crippen molar-refractivity contribution in [1.29, 1.82) is 5.41 Å². The second-order valence-corrected chi connectivity index (χ2v) is 7.66. The third-order valence-electron chi connectivity index (χ3n) is 5.09. The van der Waals surface area contributed by atoms with Crippen LogP contribution in [0.1, 0.15) is 19.3 Å². The van der Waals surface area contributed by atoms with E-state index in [1.807, 2.05) is 0 Å². The molecule has 1 unspecified atom stereocenters. The van der Waals surface area contributed by atoms with Gasteiger partial charge in [-0.3, -0.25) is 10.1 Å². The average Bonchev–Trinajstić information content (AvgIpc) is 2.79. The molecule has 5 nitrogen and oxygen atoms in total. The maximum Gasteiger partial charge on any atom is 0.432 e. The van der Waals surface area contributed by atoms with E-state index in [2.05, 4.69) is 22.5 Å². The molecule has 0 aliphatic heterocycles. The predicted molar refractivity (Wildman–Crippen MR) is 125 cm³/mol. The van der Waals surface area contributed by atoms with E-state index < -0.39 is 17.3 Å². The Hall–Kier alpha value is -2.98. The molecular formula is C23H24F4N4OS. The number of aldehydes is 1. The van der Waals surface area contributed by atoms with Gasteiger partial charge in [0.2, 0.25) is 0 Å². The summed E-state index contributed by atoms with van der Waals surface area (Å²) in [5.74, 6) is -0.389. The van der Waals surface area contributed by atoms with E-state index >= 15 is 0 Å². The van der Waals surface area contributed by atoms with Crippen LogP contribution in [0.5, 0.6) is 0 Å². The normalized spacial score (nSPS) is 21.8. The SMILES string of the molecule is N=C(/C=C\C=C\CC1(C=O)CC(=CN)C(=Nc2ccc(F)cc2)C=C1CCNS)C(F)(F)F. The number of rotatable bonds is 9. The predicted octanol–water partition coefficient (Wildman–Crippen LogP) is 5.17. The first-order valence-electron chi connectivity index (χ1n) is 9.94. The van der Waals surface area contributed by atoms with Gasteiger partial charge in [-0.2, -0.15) is 13.2 Å². The summed E-state index contributed by atoms with van der Waals surface area (Å²) in [5, 5.41) is 6.95. The molecule has 0 fully saturated rings. The topological polar surface area (TPSA) is 91.3 Å². The van der Waals surface area contributed by atoms with Gasteiger partial charge in [-0.05, 0) is 67.5 Å².